The molecule has 0 radical (unpaired) electrons. The number of nitrogens with zero attached hydrogens (tertiary/aromatic N) is 2. The minimum atomic E-state index is -2.06. The number of aryl methyl sites for hydroxylation is 1. The SMILES string of the molecule is CCc1cccc(CC(=O)N2CCOC3(CCS(=O)(=NC)CC3)C2)c1. The van der Waals surface area contributed by atoms with Gasteiger partial charge in [0.25, 0.3) is 0 Å². The molecule has 0 aromatic heterocycles. The van der Waals surface area contributed by atoms with Crippen LogP contribution in [0.15, 0.2) is 28.6 Å². The summed E-state index contributed by atoms with van der Waals surface area (Å²) in [6.45, 7) is 3.93. The zero-order chi connectivity index (χ0) is 17.9. The fourth-order valence-corrected chi connectivity index (χ4v) is 5.66. The smallest absolute Gasteiger partial charge is 0.227 e. The molecule has 0 unspecified atom stereocenters. The van der Waals surface area contributed by atoms with E-state index in [4.69, 9.17) is 4.74 Å². The van der Waals surface area contributed by atoms with Gasteiger partial charge in [-0.1, -0.05) is 31.2 Å². The van der Waals surface area contributed by atoms with Crippen molar-refractivity contribution >= 4 is 15.6 Å². The van der Waals surface area contributed by atoms with E-state index in [1.807, 2.05) is 17.0 Å². The van der Waals surface area contributed by atoms with E-state index < -0.39 is 9.73 Å². The van der Waals surface area contributed by atoms with E-state index in [1.54, 1.807) is 7.05 Å². The number of morpholine rings is 1. The minimum absolute atomic E-state index is 0.155. The van der Waals surface area contributed by atoms with Gasteiger partial charge in [-0.15, -0.1) is 0 Å². The first kappa shape index (κ1) is 18.4. The lowest BCUT2D eigenvalue weighted by Crippen LogP contribution is -2.56. The summed E-state index contributed by atoms with van der Waals surface area (Å²) in [6.07, 6.45) is 2.85. The number of hydrogen-bond donors (Lipinski definition) is 0. The number of amides is 1. The molecule has 0 saturated carbocycles. The number of rotatable bonds is 3. The van der Waals surface area contributed by atoms with E-state index in [0.717, 1.165) is 24.8 Å². The molecule has 25 heavy (non-hydrogen) atoms. The zero-order valence-corrected chi connectivity index (χ0v) is 16.0. The monoisotopic (exact) mass is 364 g/mol. The van der Waals surface area contributed by atoms with Gasteiger partial charge in [0.1, 0.15) is 0 Å². The highest BCUT2D eigenvalue weighted by atomic mass is 32.2. The molecule has 6 heteroatoms. The Hall–Kier alpha value is -1.40. The maximum atomic E-state index is 12.8. The van der Waals surface area contributed by atoms with Gasteiger partial charge < -0.3 is 9.64 Å². The van der Waals surface area contributed by atoms with Gasteiger partial charge in [-0.3, -0.25) is 4.79 Å². The maximum Gasteiger partial charge on any atom is 0.227 e. The third kappa shape index (κ3) is 4.23. The summed E-state index contributed by atoms with van der Waals surface area (Å²) in [4.78, 5) is 14.7. The van der Waals surface area contributed by atoms with E-state index in [9.17, 15) is 9.00 Å². The molecular weight excluding hydrogens is 336 g/mol. The normalized spacial score (nSPS) is 29.6. The maximum absolute atomic E-state index is 12.8. The predicted octanol–water partition coefficient (Wildman–Crippen LogP) is 2.28. The van der Waals surface area contributed by atoms with E-state index in [0.29, 0.717) is 37.6 Å². The Morgan fingerprint density at radius 2 is 2.04 bits per heavy atom. The van der Waals surface area contributed by atoms with Crippen LogP contribution in [0.5, 0.6) is 0 Å². The number of carbonyl (C=O) groups is 1. The predicted molar refractivity (Wildman–Crippen MR) is 100 cm³/mol. The van der Waals surface area contributed by atoms with Crippen LogP contribution in [0.4, 0.5) is 0 Å². The van der Waals surface area contributed by atoms with Crippen LogP contribution in [0.25, 0.3) is 0 Å². The van der Waals surface area contributed by atoms with Gasteiger partial charge in [0.15, 0.2) is 0 Å². The van der Waals surface area contributed by atoms with Crippen LogP contribution in [0.2, 0.25) is 0 Å². The molecule has 0 bridgehead atoms. The molecule has 3 rings (SSSR count). The van der Waals surface area contributed by atoms with E-state index in [-0.39, 0.29) is 11.5 Å². The molecule has 2 heterocycles. The van der Waals surface area contributed by atoms with Crippen LogP contribution < -0.4 is 0 Å². The summed E-state index contributed by atoms with van der Waals surface area (Å²) in [7, 11) is -0.415. The van der Waals surface area contributed by atoms with Crippen LogP contribution in [-0.4, -0.2) is 58.9 Å². The molecule has 1 spiro atoms. The van der Waals surface area contributed by atoms with Crippen molar-refractivity contribution in [3.63, 3.8) is 0 Å². The Labute approximate surface area is 150 Å². The van der Waals surface area contributed by atoms with Gasteiger partial charge in [-0.05, 0) is 30.4 Å². The van der Waals surface area contributed by atoms with Gasteiger partial charge in [0.05, 0.1) is 18.6 Å². The van der Waals surface area contributed by atoms with Gasteiger partial charge in [-0.25, -0.2) is 8.57 Å². The third-order valence-electron chi connectivity index (χ3n) is 5.44. The minimum Gasteiger partial charge on any atom is -0.371 e. The number of ether oxygens (including phenoxy) is 1. The highest BCUT2D eigenvalue weighted by Crippen LogP contribution is 2.32. The summed E-state index contributed by atoms with van der Waals surface area (Å²) in [5.74, 6) is 1.30. The molecule has 2 aliphatic rings. The summed E-state index contributed by atoms with van der Waals surface area (Å²) in [5.41, 5.74) is 2.00. The van der Waals surface area contributed by atoms with Crippen LogP contribution in [0.1, 0.15) is 30.9 Å². The molecule has 1 aromatic rings. The average molecular weight is 365 g/mol. The first-order valence-electron chi connectivity index (χ1n) is 9.08. The van der Waals surface area contributed by atoms with Crippen LogP contribution in [0, 0.1) is 0 Å². The highest BCUT2D eigenvalue weighted by Gasteiger charge is 2.42. The first-order valence-corrected chi connectivity index (χ1v) is 10.9. The Balaban J connectivity index is 1.65. The molecule has 2 saturated heterocycles. The summed E-state index contributed by atoms with van der Waals surface area (Å²) in [5, 5.41) is 0. The van der Waals surface area contributed by atoms with Gasteiger partial charge in [0, 0.05) is 41.4 Å². The fraction of sp³-hybridized carbons (Fsp3) is 0.632. The van der Waals surface area contributed by atoms with Gasteiger partial charge in [0.2, 0.25) is 5.91 Å². The molecule has 1 aromatic carbocycles. The molecule has 0 aliphatic carbocycles. The highest BCUT2D eigenvalue weighted by molar-refractivity contribution is 7.93. The number of carbonyl (C=O) groups excluding carboxylic acids is 1. The van der Waals surface area contributed by atoms with Gasteiger partial charge >= 0.3 is 0 Å². The Morgan fingerprint density at radius 3 is 2.72 bits per heavy atom. The molecule has 5 nitrogen and oxygen atoms in total. The lowest BCUT2D eigenvalue weighted by atomic mass is 9.94. The largest absolute Gasteiger partial charge is 0.371 e. The third-order valence-corrected chi connectivity index (χ3v) is 7.79. The van der Waals surface area contributed by atoms with E-state index in [2.05, 4.69) is 23.4 Å². The molecule has 0 atom stereocenters. The fourth-order valence-electron chi connectivity index (χ4n) is 3.71. The molecular formula is C19H28N2O3S. The van der Waals surface area contributed by atoms with Crippen molar-refractivity contribution in [1.82, 2.24) is 4.90 Å². The van der Waals surface area contributed by atoms with Crippen molar-refractivity contribution in [1.29, 1.82) is 0 Å². The Bertz CT molecular complexity index is 739. The lowest BCUT2D eigenvalue weighted by molar-refractivity contribution is -0.151. The van der Waals surface area contributed by atoms with Crippen molar-refractivity contribution in [2.45, 2.75) is 38.2 Å². The molecule has 0 N–H and O–H groups in total. The van der Waals surface area contributed by atoms with Crippen molar-refractivity contribution < 1.29 is 13.7 Å². The molecule has 2 aliphatic heterocycles. The van der Waals surface area contributed by atoms with Crippen molar-refractivity contribution in [2.24, 2.45) is 4.36 Å². The second kappa shape index (κ2) is 7.46. The first-order chi connectivity index (χ1) is 12.0. The standard InChI is InChI=1S/C19H28N2O3S/c1-3-16-5-4-6-17(13-16)14-18(22)21-9-10-24-19(15-21)7-11-25(23,20-2)12-8-19/h4-6,13H,3,7-12,14-15H2,1-2H3. The molecule has 2 fully saturated rings. The summed E-state index contributed by atoms with van der Waals surface area (Å²) >= 11 is 0. The van der Waals surface area contributed by atoms with Crippen molar-refractivity contribution in [3.05, 3.63) is 35.4 Å². The van der Waals surface area contributed by atoms with Crippen molar-refractivity contribution in [2.75, 3.05) is 38.2 Å². The average Bonchev–Trinajstić information content (AvgIpc) is 2.65. The van der Waals surface area contributed by atoms with E-state index >= 15 is 0 Å². The van der Waals surface area contributed by atoms with E-state index in [1.165, 1.54) is 5.56 Å². The molecule has 138 valence electrons. The Morgan fingerprint density at radius 1 is 1.32 bits per heavy atom. The topological polar surface area (TPSA) is 59.0 Å². The second-order valence-corrected chi connectivity index (χ2v) is 9.79. The number of hydrogen-bond acceptors (Lipinski definition) is 4. The van der Waals surface area contributed by atoms with Crippen molar-refractivity contribution in [3.8, 4) is 0 Å². The summed E-state index contributed by atoms with van der Waals surface area (Å²) in [6, 6.07) is 8.25. The Kier molecular flexibility index (Phi) is 5.49. The van der Waals surface area contributed by atoms with Crippen LogP contribution in [0.3, 0.4) is 0 Å². The molecule has 1 amide bonds. The lowest BCUT2D eigenvalue weighted by Gasteiger charge is -2.45. The van der Waals surface area contributed by atoms with Crippen LogP contribution >= 0.6 is 0 Å². The second-order valence-electron chi connectivity index (χ2n) is 7.06. The van der Waals surface area contributed by atoms with Gasteiger partial charge in [-0.2, -0.15) is 0 Å². The quantitative estimate of drug-likeness (QED) is 0.827. The summed E-state index contributed by atoms with van der Waals surface area (Å²) < 4.78 is 22.5. The number of benzene rings is 1. The zero-order valence-electron chi connectivity index (χ0n) is 15.2. The van der Waals surface area contributed by atoms with Crippen LogP contribution in [-0.2, 0) is 32.1 Å².